The second kappa shape index (κ2) is 42.4. The van der Waals surface area contributed by atoms with Crippen LogP contribution < -0.4 is 0 Å². The molecule has 0 fully saturated rings. The van der Waals surface area contributed by atoms with Crippen LogP contribution in [0.4, 0.5) is 52.7 Å². The van der Waals surface area contributed by atoms with Crippen molar-refractivity contribution in [2.24, 2.45) is 0 Å². The van der Waals surface area contributed by atoms with E-state index in [0.717, 1.165) is 138 Å². The van der Waals surface area contributed by atoms with Crippen molar-refractivity contribution in [3.63, 3.8) is 0 Å². The molecule has 4 heterocycles. The molecule has 4 aliphatic rings. The maximum Gasteiger partial charge on any atom is 0.525 e. The number of hydrogen-bond acceptors (Lipinski definition) is 20. The highest BCUT2D eigenvalue weighted by Gasteiger charge is 2.56. The zero-order chi connectivity index (χ0) is 92.7. The van der Waals surface area contributed by atoms with E-state index in [9.17, 15) is 125 Å². The third kappa shape index (κ3) is 23.4. The van der Waals surface area contributed by atoms with Gasteiger partial charge in [0.1, 0.15) is 0 Å². The Kier molecular flexibility index (Phi) is 33.6. The van der Waals surface area contributed by atoms with Crippen molar-refractivity contribution in [3.8, 4) is 0 Å². The zero-order valence-electron chi connectivity index (χ0n) is 68.9. The van der Waals surface area contributed by atoms with Gasteiger partial charge < -0.3 is 0 Å². The quantitative estimate of drug-likeness (QED) is 0.0150. The van der Waals surface area contributed by atoms with Gasteiger partial charge in [0.25, 0.3) is 47.3 Å². The summed E-state index contributed by atoms with van der Waals surface area (Å²) in [6, 6.07) is 31.0. The number of halogens is 12. The second-order valence-electron chi connectivity index (χ2n) is 30.4. The molecule has 0 radical (unpaired) electrons. The smallest absolute Gasteiger partial charge is 0.266 e. The molecule has 0 unspecified atom stereocenters. The highest BCUT2D eigenvalue weighted by Crippen LogP contribution is 2.41. The van der Waals surface area contributed by atoms with Crippen LogP contribution in [-0.4, -0.2) is 123 Å². The molecule has 4 aliphatic heterocycles. The van der Waals surface area contributed by atoms with Gasteiger partial charge in [-0.05, 0) is 144 Å². The Labute approximate surface area is 719 Å². The standard InChI is InChI=1S/2C22H24F3NO5S.2C21H22F3NO5S/c1-2-3-4-5-6-7-8-10-15-13-16-11-9-12-17-19(16)18(14-15)21(28)26(20(17)27)31-32(29,30)22(23,24)25;1-2-3-4-5-6-7-8-10-15-13-14-18-19-16(15)11-9-12-17(19)20(27)26(21(18)28)31-32(29,30)22(23,24)25;1-2-3-4-5-6-7-9-14-12-15-10-8-11-16-18(15)17(13-14)20(27)25(19(16)26)30-31(28,29)21(22,23)24;1-2-3-4-5-6-7-9-14-12-13-17-18-15(14)10-8-11-16(18)19(26)25(20(17)27)30-31(28,29)21(22,23)24/h2*9,11-14H,2-8,10H2,1H3;2*8,10-13H,2-7,9H2,1H3. The van der Waals surface area contributed by atoms with Gasteiger partial charge in [-0.1, -0.05) is 242 Å². The highest BCUT2D eigenvalue weighted by molar-refractivity contribution is 7.88. The highest BCUT2D eigenvalue weighted by atomic mass is 32.2. The van der Waals surface area contributed by atoms with E-state index in [1.165, 1.54) is 131 Å². The third-order valence-corrected chi connectivity index (χ3v) is 24.9. The number of benzene rings is 8. The molecule has 0 aromatic heterocycles. The van der Waals surface area contributed by atoms with E-state index < -0.39 is 110 Å². The first-order chi connectivity index (χ1) is 59.3. The van der Waals surface area contributed by atoms with Crippen LogP contribution in [0.3, 0.4) is 0 Å². The van der Waals surface area contributed by atoms with Crippen molar-refractivity contribution in [1.29, 1.82) is 0 Å². The number of alkyl halides is 12. The van der Waals surface area contributed by atoms with E-state index in [4.69, 9.17) is 0 Å². The molecule has 0 atom stereocenters. The molecular formula is C86H92F12N4O20S4. The molecule has 8 aromatic rings. The maximum atomic E-state index is 12.8. The van der Waals surface area contributed by atoms with Gasteiger partial charge in [0.05, 0.1) is 44.5 Å². The van der Waals surface area contributed by atoms with E-state index in [0.29, 0.717) is 45.2 Å². The van der Waals surface area contributed by atoms with Crippen molar-refractivity contribution in [3.05, 3.63) is 188 Å². The normalized spacial score (nSPS) is 14.5. The number of carbonyl (C=O) groups is 8. The van der Waals surface area contributed by atoms with Crippen molar-refractivity contribution in [2.75, 3.05) is 0 Å². The summed E-state index contributed by atoms with van der Waals surface area (Å²) < 4.78 is 259. The third-order valence-electron chi connectivity index (χ3n) is 21.2. The molecule has 40 heteroatoms. The molecule has 0 N–H and O–H groups in total. The van der Waals surface area contributed by atoms with Gasteiger partial charge in [-0.25, -0.2) is 0 Å². The summed E-state index contributed by atoms with van der Waals surface area (Å²) in [5.74, 6) is -10.0. The maximum absolute atomic E-state index is 12.8. The average Bonchev–Trinajstić information content (AvgIpc) is 0.752. The number of amides is 8. The predicted octanol–water partition coefficient (Wildman–Crippen LogP) is 21.3. The fourth-order valence-electron chi connectivity index (χ4n) is 14.9. The van der Waals surface area contributed by atoms with Crippen molar-refractivity contribution in [1.82, 2.24) is 20.3 Å². The molecule has 24 nitrogen and oxygen atoms in total. The Morgan fingerprint density at radius 2 is 0.460 bits per heavy atom. The van der Waals surface area contributed by atoms with Gasteiger partial charge in [0.15, 0.2) is 0 Å². The largest absolute Gasteiger partial charge is 0.525 e. The Bertz CT molecular complexity index is 5860. The lowest BCUT2D eigenvalue weighted by atomic mass is 9.90. The molecule has 684 valence electrons. The number of carbonyl (C=O) groups excluding carboxylic acids is 8. The van der Waals surface area contributed by atoms with Crippen LogP contribution in [-0.2, 0) is 83.3 Å². The van der Waals surface area contributed by atoms with Gasteiger partial charge in [-0.2, -0.15) is 86.4 Å². The Morgan fingerprint density at radius 3 is 0.714 bits per heavy atom. The minimum Gasteiger partial charge on any atom is -0.266 e. The molecule has 8 aromatic carbocycles. The predicted molar refractivity (Wildman–Crippen MR) is 440 cm³/mol. The van der Waals surface area contributed by atoms with Crippen LogP contribution in [0.2, 0.25) is 0 Å². The number of imide groups is 4. The molecule has 0 saturated carbocycles. The van der Waals surface area contributed by atoms with Crippen LogP contribution in [0.1, 0.15) is 300 Å². The molecule has 0 spiro atoms. The number of hydroxylamine groups is 8. The molecule has 8 amide bonds. The number of hydrogen-bond donors (Lipinski definition) is 0. The molecule has 0 bridgehead atoms. The van der Waals surface area contributed by atoms with Crippen molar-refractivity contribution < 1.29 is 142 Å². The minimum absolute atomic E-state index is 0.0620. The monoisotopic (exact) mass is 1860 g/mol. The summed E-state index contributed by atoms with van der Waals surface area (Å²) in [5, 5.41) is 2.26. The fourth-order valence-corrected chi connectivity index (χ4v) is 16.6. The number of unbranched alkanes of at least 4 members (excludes halogenated alkanes) is 22. The Hall–Kier alpha value is -9.84. The van der Waals surface area contributed by atoms with Crippen molar-refractivity contribution >= 4 is 131 Å². The number of aryl methyl sites for hydroxylation is 4. The van der Waals surface area contributed by atoms with Gasteiger partial charge in [-0.15, -0.1) is 37.4 Å². The Balaban J connectivity index is 0.000000190. The number of rotatable bonds is 38. The molecule has 12 rings (SSSR count). The summed E-state index contributed by atoms with van der Waals surface area (Å²) in [4.78, 5) is 101. The fraction of sp³-hybridized carbons (Fsp3) is 0.442. The average molecular weight is 1860 g/mol. The van der Waals surface area contributed by atoms with Gasteiger partial charge >= 0.3 is 62.5 Å². The van der Waals surface area contributed by atoms with E-state index >= 15 is 0 Å². The second-order valence-corrected chi connectivity index (χ2v) is 36.5. The lowest BCUT2D eigenvalue weighted by Crippen LogP contribution is -2.44. The van der Waals surface area contributed by atoms with E-state index in [-0.39, 0.29) is 75.5 Å². The van der Waals surface area contributed by atoms with Gasteiger partial charge in [-0.3, -0.25) is 38.4 Å². The summed E-state index contributed by atoms with van der Waals surface area (Å²) in [5.41, 5.74) is -20.4. The topological polar surface area (TPSA) is 323 Å². The van der Waals surface area contributed by atoms with Gasteiger partial charge in [0.2, 0.25) is 0 Å². The summed E-state index contributed by atoms with van der Waals surface area (Å²) in [7, 11) is -24.7. The zero-order valence-corrected chi connectivity index (χ0v) is 72.1. The summed E-state index contributed by atoms with van der Waals surface area (Å²) in [6.07, 6.45) is 31.3. The first kappa shape index (κ1) is 99.9. The van der Waals surface area contributed by atoms with Gasteiger partial charge in [0, 0.05) is 21.5 Å². The van der Waals surface area contributed by atoms with E-state index in [1.54, 1.807) is 42.5 Å². The molecule has 0 aliphatic carbocycles. The molecule has 126 heavy (non-hydrogen) atoms. The van der Waals surface area contributed by atoms with Crippen LogP contribution >= 0.6 is 0 Å². The first-order valence-corrected chi connectivity index (χ1v) is 46.7. The van der Waals surface area contributed by atoms with Crippen LogP contribution in [0.25, 0.3) is 43.1 Å². The molecular weight excluding hydrogens is 1770 g/mol. The number of nitrogens with zero attached hydrogens (tertiary/aromatic N) is 4. The first-order valence-electron chi connectivity index (χ1n) is 41.1. The van der Waals surface area contributed by atoms with Crippen LogP contribution in [0.15, 0.2) is 121 Å². The molecule has 0 saturated heterocycles. The van der Waals surface area contributed by atoms with E-state index in [1.807, 2.05) is 12.1 Å². The summed E-state index contributed by atoms with van der Waals surface area (Å²) >= 11 is 0. The lowest BCUT2D eigenvalue weighted by molar-refractivity contribution is -0.0768. The minimum atomic E-state index is -6.19. The summed E-state index contributed by atoms with van der Waals surface area (Å²) in [6.45, 7) is 8.58. The SMILES string of the molecule is CCCCCCCCCc1cc2c3c(cccc3c1)C(=O)N(OS(=O)(=O)C(F)(F)F)C2=O.CCCCCCCCCc1ccc2c3c(cccc13)C(=O)N(OS(=O)(=O)C(F)(F)F)C2=O.CCCCCCCCc1cc2c3c(cccc3c1)C(=O)N(OS(=O)(=O)C(F)(F)F)C2=O.CCCCCCCCc1ccc2c3c(cccc13)C(=O)N(OS(=O)(=O)C(F)(F)F)C2=O. The lowest BCUT2D eigenvalue weighted by Gasteiger charge is -2.26. The van der Waals surface area contributed by atoms with Crippen LogP contribution in [0.5, 0.6) is 0 Å². The van der Waals surface area contributed by atoms with Crippen molar-refractivity contribution in [2.45, 2.75) is 242 Å². The van der Waals surface area contributed by atoms with E-state index in [2.05, 4.69) is 44.8 Å². The Morgan fingerprint density at radius 1 is 0.246 bits per heavy atom. The van der Waals surface area contributed by atoms with Crippen LogP contribution in [0, 0.1) is 0 Å².